The standard InChI is InChI=1S/C23H25F2N3O4/c1-13(2)21(28-12-27-19-9-17(24)18(25)10-20(19)28)22(30)26-11-15(23(31)32-3)8-14-4-6-16(29)7-5-14/h4-7,9-10,12-13,15,21,29H,8,11H2,1-3H3,(H,26,30). The summed E-state index contributed by atoms with van der Waals surface area (Å²) in [5.74, 6) is -3.64. The fourth-order valence-electron chi connectivity index (χ4n) is 3.65. The van der Waals surface area contributed by atoms with E-state index >= 15 is 0 Å². The summed E-state index contributed by atoms with van der Waals surface area (Å²) in [6.07, 6.45) is 1.68. The molecular formula is C23H25F2N3O4. The van der Waals surface area contributed by atoms with Crippen molar-refractivity contribution in [1.82, 2.24) is 14.9 Å². The molecule has 1 heterocycles. The Balaban J connectivity index is 1.79. The van der Waals surface area contributed by atoms with Gasteiger partial charge in [-0.15, -0.1) is 0 Å². The highest BCUT2D eigenvalue weighted by Gasteiger charge is 2.28. The summed E-state index contributed by atoms with van der Waals surface area (Å²) < 4.78 is 33.7. The van der Waals surface area contributed by atoms with E-state index in [1.807, 2.05) is 13.8 Å². The van der Waals surface area contributed by atoms with E-state index in [0.717, 1.165) is 17.7 Å². The number of halogens is 2. The first-order valence-electron chi connectivity index (χ1n) is 10.2. The van der Waals surface area contributed by atoms with Crippen molar-refractivity contribution >= 4 is 22.9 Å². The number of rotatable bonds is 8. The van der Waals surface area contributed by atoms with Crippen molar-refractivity contribution in [3.63, 3.8) is 0 Å². The van der Waals surface area contributed by atoms with Gasteiger partial charge in [0, 0.05) is 18.7 Å². The van der Waals surface area contributed by atoms with Crippen molar-refractivity contribution in [1.29, 1.82) is 0 Å². The zero-order chi connectivity index (χ0) is 23.4. The number of esters is 1. The second-order valence-corrected chi connectivity index (χ2v) is 7.93. The number of aromatic nitrogens is 2. The number of carbonyl (C=O) groups excluding carboxylic acids is 2. The predicted octanol–water partition coefficient (Wildman–Crippen LogP) is 3.37. The molecule has 32 heavy (non-hydrogen) atoms. The zero-order valence-electron chi connectivity index (χ0n) is 18.0. The lowest BCUT2D eigenvalue weighted by Crippen LogP contribution is -2.40. The fraction of sp³-hybridized carbons (Fsp3) is 0.348. The molecule has 0 aliphatic heterocycles. The number of nitrogens with one attached hydrogen (secondary N) is 1. The van der Waals surface area contributed by atoms with E-state index in [4.69, 9.17) is 4.74 Å². The molecule has 3 aromatic rings. The van der Waals surface area contributed by atoms with Gasteiger partial charge in [-0.2, -0.15) is 0 Å². The van der Waals surface area contributed by atoms with Crippen LogP contribution in [0.3, 0.4) is 0 Å². The molecule has 7 nitrogen and oxygen atoms in total. The maximum absolute atomic E-state index is 13.8. The number of hydrogen-bond donors (Lipinski definition) is 2. The van der Waals surface area contributed by atoms with Gasteiger partial charge in [0.15, 0.2) is 11.6 Å². The van der Waals surface area contributed by atoms with Gasteiger partial charge in [-0.1, -0.05) is 26.0 Å². The molecular weight excluding hydrogens is 420 g/mol. The minimum absolute atomic E-state index is 0.0191. The molecule has 0 aliphatic rings. The summed E-state index contributed by atoms with van der Waals surface area (Å²) in [6, 6.07) is 7.66. The molecule has 0 bridgehead atoms. The Labute approximate surface area is 184 Å². The molecule has 170 valence electrons. The van der Waals surface area contributed by atoms with E-state index in [2.05, 4.69) is 10.3 Å². The van der Waals surface area contributed by atoms with E-state index in [9.17, 15) is 23.5 Å². The average molecular weight is 445 g/mol. The number of aromatic hydroxyl groups is 1. The fourth-order valence-corrected chi connectivity index (χ4v) is 3.65. The van der Waals surface area contributed by atoms with Gasteiger partial charge in [-0.05, 0) is 30.0 Å². The van der Waals surface area contributed by atoms with Crippen molar-refractivity contribution in [2.45, 2.75) is 26.3 Å². The van der Waals surface area contributed by atoms with E-state index in [1.165, 1.54) is 30.1 Å². The molecule has 1 aromatic heterocycles. The molecule has 2 unspecified atom stereocenters. The summed E-state index contributed by atoms with van der Waals surface area (Å²) in [7, 11) is 1.27. The first-order valence-corrected chi connectivity index (χ1v) is 10.2. The average Bonchev–Trinajstić information content (AvgIpc) is 3.14. The van der Waals surface area contributed by atoms with Crippen LogP contribution in [-0.4, -0.2) is 40.2 Å². The van der Waals surface area contributed by atoms with Crippen molar-refractivity contribution in [2.24, 2.45) is 11.8 Å². The Morgan fingerprint density at radius 1 is 1.16 bits per heavy atom. The molecule has 3 rings (SSSR count). The van der Waals surface area contributed by atoms with Crippen molar-refractivity contribution in [3.05, 3.63) is 59.9 Å². The highest BCUT2D eigenvalue weighted by molar-refractivity contribution is 5.84. The van der Waals surface area contributed by atoms with Crippen molar-refractivity contribution in [3.8, 4) is 5.75 Å². The Morgan fingerprint density at radius 3 is 2.44 bits per heavy atom. The van der Waals surface area contributed by atoms with E-state index < -0.39 is 29.6 Å². The lowest BCUT2D eigenvalue weighted by Gasteiger charge is -2.24. The maximum Gasteiger partial charge on any atom is 0.310 e. The molecule has 1 amide bonds. The normalized spacial score (nSPS) is 13.2. The lowest BCUT2D eigenvalue weighted by atomic mass is 9.98. The van der Waals surface area contributed by atoms with Crippen LogP contribution in [0.25, 0.3) is 11.0 Å². The second-order valence-electron chi connectivity index (χ2n) is 7.93. The van der Waals surface area contributed by atoms with Crippen LogP contribution in [-0.2, 0) is 20.7 Å². The molecule has 0 radical (unpaired) electrons. The largest absolute Gasteiger partial charge is 0.508 e. The smallest absolute Gasteiger partial charge is 0.310 e. The summed E-state index contributed by atoms with van der Waals surface area (Å²) in [6.45, 7) is 3.67. The van der Waals surface area contributed by atoms with Gasteiger partial charge >= 0.3 is 5.97 Å². The third kappa shape index (κ3) is 5.04. The highest BCUT2D eigenvalue weighted by atomic mass is 19.2. The molecule has 9 heteroatoms. The molecule has 2 atom stereocenters. The zero-order valence-corrected chi connectivity index (χ0v) is 18.0. The van der Waals surface area contributed by atoms with Crippen LogP contribution in [0.1, 0.15) is 25.5 Å². The first kappa shape index (κ1) is 23.2. The quantitative estimate of drug-likeness (QED) is 0.519. The molecule has 2 aromatic carbocycles. The van der Waals surface area contributed by atoms with Gasteiger partial charge in [-0.3, -0.25) is 9.59 Å². The van der Waals surface area contributed by atoms with Gasteiger partial charge in [0.05, 0.1) is 30.4 Å². The predicted molar refractivity (Wildman–Crippen MR) is 114 cm³/mol. The van der Waals surface area contributed by atoms with Gasteiger partial charge in [0.1, 0.15) is 11.8 Å². The summed E-state index contributed by atoms with van der Waals surface area (Å²) in [5.41, 5.74) is 1.33. The van der Waals surface area contributed by atoms with Crippen LogP contribution in [0.15, 0.2) is 42.7 Å². The highest BCUT2D eigenvalue weighted by Crippen LogP contribution is 2.26. The third-order valence-corrected chi connectivity index (χ3v) is 5.29. The molecule has 0 saturated carbocycles. The first-order chi connectivity index (χ1) is 15.2. The number of amides is 1. The SMILES string of the molecule is COC(=O)C(CNC(=O)C(C(C)C)n1cnc2cc(F)c(F)cc21)Cc1ccc(O)cc1. The molecule has 0 saturated heterocycles. The Morgan fingerprint density at radius 2 is 1.81 bits per heavy atom. The monoisotopic (exact) mass is 445 g/mol. The van der Waals surface area contributed by atoms with Crippen LogP contribution in [0.4, 0.5) is 8.78 Å². The topological polar surface area (TPSA) is 93.5 Å². The number of fused-ring (bicyclic) bond motifs is 1. The molecule has 2 N–H and O–H groups in total. The van der Waals surface area contributed by atoms with Crippen molar-refractivity contribution in [2.75, 3.05) is 13.7 Å². The third-order valence-electron chi connectivity index (χ3n) is 5.29. The van der Waals surface area contributed by atoms with Crippen LogP contribution in [0.5, 0.6) is 5.75 Å². The molecule has 0 spiro atoms. The number of carbonyl (C=O) groups is 2. The van der Waals surface area contributed by atoms with E-state index in [-0.39, 0.29) is 29.6 Å². The van der Waals surface area contributed by atoms with Crippen LogP contribution >= 0.6 is 0 Å². The summed E-state index contributed by atoms with van der Waals surface area (Å²) in [5, 5.41) is 12.2. The second kappa shape index (κ2) is 9.76. The Kier molecular flexibility index (Phi) is 7.07. The minimum Gasteiger partial charge on any atom is -0.508 e. The van der Waals surface area contributed by atoms with Crippen molar-refractivity contribution < 1.29 is 28.2 Å². The number of phenolic OH excluding ortho intramolecular Hbond substituents is 1. The van der Waals surface area contributed by atoms with Crippen LogP contribution < -0.4 is 5.32 Å². The number of nitrogens with zero attached hydrogens (tertiary/aromatic N) is 2. The molecule has 0 fully saturated rings. The number of phenols is 1. The number of benzene rings is 2. The Hall–Kier alpha value is -3.49. The van der Waals surface area contributed by atoms with E-state index in [0.29, 0.717) is 11.9 Å². The number of hydrogen-bond acceptors (Lipinski definition) is 5. The lowest BCUT2D eigenvalue weighted by molar-refractivity contribution is -0.145. The van der Waals surface area contributed by atoms with Gasteiger partial charge in [-0.25, -0.2) is 13.8 Å². The minimum atomic E-state index is -1.03. The van der Waals surface area contributed by atoms with E-state index in [1.54, 1.807) is 12.1 Å². The maximum atomic E-state index is 13.8. The van der Waals surface area contributed by atoms with Gasteiger partial charge in [0.25, 0.3) is 0 Å². The van der Waals surface area contributed by atoms with Gasteiger partial charge < -0.3 is 19.7 Å². The van der Waals surface area contributed by atoms with Gasteiger partial charge in [0.2, 0.25) is 5.91 Å². The van der Waals surface area contributed by atoms with Crippen LogP contribution in [0, 0.1) is 23.5 Å². The molecule has 0 aliphatic carbocycles. The summed E-state index contributed by atoms with van der Waals surface area (Å²) in [4.78, 5) is 29.4. The number of ether oxygens (including phenoxy) is 1. The van der Waals surface area contributed by atoms with Crippen LogP contribution in [0.2, 0.25) is 0 Å². The number of methoxy groups -OCH3 is 1. The number of imidazole rings is 1. The Bertz CT molecular complexity index is 1110. The summed E-state index contributed by atoms with van der Waals surface area (Å²) >= 11 is 0.